The molecular weight excluding hydrogens is 372 g/mol. The van der Waals surface area contributed by atoms with Crippen LogP contribution in [0.25, 0.3) is 0 Å². The van der Waals surface area contributed by atoms with E-state index in [1.165, 1.54) is 34.8 Å². The van der Waals surface area contributed by atoms with E-state index in [0.717, 1.165) is 25.0 Å². The number of amides is 1. The number of hydrogen-bond donors (Lipinski definition) is 1. The number of rotatable bonds is 5. The Morgan fingerprint density at radius 1 is 0.786 bits per heavy atom. The molecule has 0 fully saturated rings. The number of anilines is 1. The highest BCUT2D eigenvalue weighted by molar-refractivity contribution is 7.15. The number of thiazole rings is 1. The molecule has 0 radical (unpaired) electrons. The molecule has 0 atom stereocenters. The Bertz CT molecular complexity index is 1020. The van der Waals surface area contributed by atoms with Crippen molar-refractivity contribution in [1.82, 2.24) is 4.98 Å². The van der Waals surface area contributed by atoms with Crippen molar-refractivity contribution in [3.63, 3.8) is 0 Å². The van der Waals surface area contributed by atoms with Gasteiger partial charge in [0, 0.05) is 21.6 Å². The van der Waals surface area contributed by atoms with E-state index < -0.39 is 11.6 Å². The van der Waals surface area contributed by atoms with Crippen molar-refractivity contribution in [2.24, 2.45) is 0 Å². The molecule has 4 rings (SSSR count). The van der Waals surface area contributed by atoms with Crippen LogP contribution in [-0.2, 0) is 12.8 Å². The van der Waals surface area contributed by atoms with Crippen LogP contribution in [0.5, 0.6) is 0 Å². The summed E-state index contributed by atoms with van der Waals surface area (Å²) in [7, 11) is 0. The Labute approximate surface area is 166 Å². The number of Topliss-reactive ketones (excluding diaryl/α,β-unsaturated/α-hetero) is 2. The molecule has 1 N–H and O–H groups in total. The maximum Gasteiger partial charge on any atom is 0.257 e. The Morgan fingerprint density at radius 3 is 2.07 bits per heavy atom. The van der Waals surface area contributed by atoms with Crippen molar-refractivity contribution in [2.75, 3.05) is 5.32 Å². The van der Waals surface area contributed by atoms with Crippen LogP contribution in [0.4, 0.5) is 5.13 Å². The van der Waals surface area contributed by atoms with Gasteiger partial charge in [0.25, 0.3) is 5.91 Å². The summed E-state index contributed by atoms with van der Waals surface area (Å²) in [5, 5.41) is 3.44. The fourth-order valence-corrected chi connectivity index (χ4v) is 4.24. The summed E-state index contributed by atoms with van der Waals surface area (Å²) in [5.74, 6) is -1.43. The first-order chi connectivity index (χ1) is 13.6. The highest BCUT2D eigenvalue weighted by atomic mass is 32.1. The number of nitrogens with zero attached hydrogens (tertiary/aromatic N) is 1. The molecule has 28 heavy (non-hydrogen) atoms. The van der Waals surface area contributed by atoms with E-state index in [1.807, 2.05) is 0 Å². The van der Waals surface area contributed by atoms with E-state index >= 15 is 0 Å². The quantitative estimate of drug-likeness (QED) is 0.519. The summed E-state index contributed by atoms with van der Waals surface area (Å²) in [5.41, 5.74) is 2.11. The summed E-state index contributed by atoms with van der Waals surface area (Å²) in [6.07, 6.45) is 4.30. The van der Waals surface area contributed by atoms with Crippen LogP contribution in [0.3, 0.4) is 0 Å². The van der Waals surface area contributed by atoms with Crippen molar-refractivity contribution in [3.05, 3.63) is 81.9 Å². The molecule has 2 aromatic carbocycles. The molecule has 140 valence electrons. The number of carbonyl (C=O) groups is 3. The van der Waals surface area contributed by atoms with E-state index in [9.17, 15) is 14.4 Å². The molecule has 0 aliphatic heterocycles. The highest BCUT2D eigenvalue weighted by Crippen LogP contribution is 2.29. The van der Waals surface area contributed by atoms with Crippen molar-refractivity contribution in [2.45, 2.75) is 25.7 Å². The number of aryl methyl sites for hydroxylation is 2. The maximum absolute atomic E-state index is 12.5. The van der Waals surface area contributed by atoms with Gasteiger partial charge in [-0.05, 0) is 37.8 Å². The van der Waals surface area contributed by atoms with Gasteiger partial charge in [-0.2, -0.15) is 0 Å². The van der Waals surface area contributed by atoms with Gasteiger partial charge in [-0.1, -0.05) is 42.5 Å². The van der Waals surface area contributed by atoms with Gasteiger partial charge in [-0.25, -0.2) is 4.98 Å². The summed E-state index contributed by atoms with van der Waals surface area (Å²) in [6.45, 7) is 0. The first-order valence-corrected chi connectivity index (χ1v) is 9.97. The van der Waals surface area contributed by atoms with E-state index in [0.29, 0.717) is 16.3 Å². The Kier molecular flexibility index (Phi) is 5.12. The smallest absolute Gasteiger partial charge is 0.257 e. The Morgan fingerprint density at radius 2 is 1.39 bits per heavy atom. The largest absolute Gasteiger partial charge is 0.298 e. The third kappa shape index (κ3) is 3.77. The molecule has 0 saturated heterocycles. The molecule has 1 aliphatic carbocycles. The lowest BCUT2D eigenvalue weighted by atomic mass is 10.0. The van der Waals surface area contributed by atoms with Gasteiger partial charge in [0.2, 0.25) is 11.6 Å². The van der Waals surface area contributed by atoms with E-state index in [1.54, 1.807) is 42.5 Å². The zero-order valence-corrected chi connectivity index (χ0v) is 15.9. The summed E-state index contributed by atoms with van der Waals surface area (Å²) < 4.78 is 0. The van der Waals surface area contributed by atoms with Crippen LogP contribution in [-0.4, -0.2) is 22.5 Å². The molecule has 0 unspecified atom stereocenters. The van der Waals surface area contributed by atoms with Gasteiger partial charge in [-0.15, -0.1) is 11.3 Å². The molecule has 3 aromatic rings. The minimum atomic E-state index is -0.592. The molecule has 5 nitrogen and oxygen atoms in total. The molecular formula is C22H18N2O3S. The molecule has 1 amide bonds. The summed E-state index contributed by atoms with van der Waals surface area (Å²) in [4.78, 5) is 42.9. The van der Waals surface area contributed by atoms with Crippen molar-refractivity contribution in [1.29, 1.82) is 0 Å². The zero-order chi connectivity index (χ0) is 19.5. The van der Waals surface area contributed by atoms with E-state index in [2.05, 4.69) is 10.3 Å². The molecule has 0 spiro atoms. The van der Waals surface area contributed by atoms with Crippen molar-refractivity contribution >= 4 is 33.9 Å². The third-order valence-corrected chi connectivity index (χ3v) is 5.79. The second kappa shape index (κ2) is 7.86. The van der Waals surface area contributed by atoms with E-state index in [4.69, 9.17) is 0 Å². The predicted octanol–water partition coefficient (Wildman–Crippen LogP) is 4.34. The minimum absolute atomic E-state index is 0.259. The SMILES string of the molecule is O=C(Nc1nc2c(s1)CCCC2)c1ccc(C(=O)C(=O)c2ccccc2)cc1. The summed E-state index contributed by atoms with van der Waals surface area (Å²) >= 11 is 1.53. The highest BCUT2D eigenvalue weighted by Gasteiger charge is 2.19. The lowest BCUT2D eigenvalue weighted by Gasteiger charge is -2.06. The third-order valence-electron chi connectivity index (χ3n) is 4.72. The number of benzene rings is 2. The minimum Gasteiger partial charge on any atom is -0.298 e. The molecule has 1 aliphatic rings. The van der Waals surface area contributed by atoms with Gasteiger partial charge in [0.05, 0.1) is 5.69 Å². The number of nitrogens with one attached hydrogen (secondary N) is 1. The average Bonchev–Trinajstić information content (AvgIpc) is 3.15. The van der Waals surface area contributed by atoms with Gasteiger partial charge in [0.15, 0.2) is 5.13 Å². The molecule has 6 heteroatoms. The van der Waals surface area contributed by atoms with Crippen LogP contribution in [0.1, 0.15) is 54.5 Å². The Hall–Kier alpha value is -3.12. The maximum atomic E-state index is 12.5. The second-order valence-electron chi connectivity index (χ2n) is 6.65. The van der Waals surface area contributed by atoms with Gasteiger partial charge in [0.1, 0.15) is 0 Å². The lowest BCUT2D eigenvalue weighted by molar-refractivity contribution is 0.0817. The van der Waals surface area contributed by atoms with Crippen LogP contribution < -0.4 is 5.32 Å². The monoisotopic (exact) mass is 390 g/mol. The van der Waals surface area contributed by atoms with Gasteiger partial charge < -0.3 is 0 Å². The number of fused-ring (bicyclic) bond motifs is 1. The van der Waals surface area contributed by atoms with Gasteiger partial charge in [-0.3, -0.25) is 19.7 Å². The first kappa shape index (κ1) is 18.3. The number of ketones is 2. The predicted molar refractivity (Wildman–Crippen MR) is 108 cm³/mol. The van der Waals surface area contributed by atoms with Gasteiger partial charge >= 0.3 is 0 Å². The topological polar surface area (TPSA) is 76.1 Å². The zero-order valence-electron chi connectivity index (χ0n) is 15.1. The average molecular weight is 390 g/mol. The van der Waals surface area contributed by atoms with Crippen LogP contribution in [0.15, 0.2) is 54.6 Å². The molecule has 1 aromatic heterocycles. The molecule has 0 bridgehead atoms. The van der Waals surface area contributed by atoms with Crippen LogP contribution in [0, 0.1) is 0 Å². The second-order valence-corrected chi connectivity index (χ2v) is 7.74. The number of hydrogen-bond acceptors (Lipinski definition) is 5. The van der Waals surface area contributed by atoms with E-state index in [-0.39, 0.29) is 11.5 Å². The fourth-order valence-electron chi connectivity index (χ4n) is 3.20. The lowest BCUT2D eigenvalue weighted by Crippen LogP contribution is -2.15. The van der Waals surface area contributed by atoms with Crippen LogP contribution >= 0.6 is 11.3 Å². The number of carbonyl (C=O) groups excluding carboxylic acids is 3. The normalized spacial score (nSPS) is 12.9. The fraction of sp³-hybridized carbons (Fsp3) is 0.182. The number of aromatic nitrogens is 1. The Balaban J connectivity index is 1.45. The van der Waals surface area contributed by atoms with Crippen molar-refractivity contribution in [3.8, 4) is 0 Å². The first-order valence-electron chi connectivity index (χ1n) is 9.16. The molecule has 1 heterocycles. The van der Waals surface area contributed by atoms with Crippen LogP contribution in [0.2, 0.25) is 0 Å². The molecule has 0 saturated carbocycles. The summed E-state index contributed by atoms with van der Waals surface area (Å²) in [6, 6.07) is 14.5. The standard InChI is InChI=1S/C22H18N2O3S/c25-19(14-6-2-1-3-7-14)20(26)15-10-12-16(13-11-15)21(27)24-22-23-17-8-4-5-9-18(17)28-22/h1-3,6-7,10-13H,4-5,8-9H2,(H,23,24,27). The van der Waals surface area contributed by atoms with Crippen molar-refractivity contribution < 1.29 is 14.4 Å².